The van der Waals surface area contributed by atoms with Gasteiger partial charge >= 0.3 is 5.97 Å². The van der Waals surface area contributed by atoms with Gasteiger partial charge in [0.05, 0.1) is 18.9 Å². The van der Waals surface area contributed by atoms with E-state index in [9.17, 15) is 24.0 Å². The number of aromatic nitrogens is 2. The molecule has 8 heteroatoms. The van der Waals surface area contributed by atoms with Crippen LogP contribution in [0.5, 0.6) is 0 Å². The molecule has 0 radical (unpaired) electrons. The molecule has 1 aromatic heterocycles. The van der Waals surface area contributed by atoms with E-state index in [0.29, 0.717) is 12.8 Å². The monoisotopic (exact) mass is 510 g/mol. The molecule has 1 N–H and O–H groups in total. The highest BCUT2D eigenvalue weighted by Crippen LogP contribution is 2.21. The van der Waals surface area contributed by atoms with E-state index in [1.807, 2.05) is 37.3 Å². The van der Waals surface area contributed by atoms with E-state index in [-0.39, 0.29) is 74.2 Å². The number of H-pyrrole nitrogens is 1. The Labute approximate surface area is 218 Å². The van der Waals surface area contributed by atoms with Crippen molar-refractivity contribution in [3.8, 4) is 0 Å². The van der Waals surface area contributed by atoms with Gasteiger partial charge in [0.15, 0.2) is 0 Å². The third-order valence-electron chi connectivity index (χ3n) is 6.41. The number of imidazole rings is 1. The largest absolute Gasteiger partial charge is 0.466 e. The Bertz CT molecular complexity index is 1030. The number of benzene rings is 1. The maximum absolute atomic E-state index is 13.1. The summed E-state index contributed by atoms with van der Waals surface area (Å²) in [6, 6.07) is 9.52. The van der Waals surface area contributed by atoms with Gasteiger partial charge in [-0.15, -0.1) is 0 Å². The molecule has 2 rings (SSSR count). The van der Waals surface area contributed by atoms with Crippen molar-refractivity contribution in [1.29, 1.82) is 0 Å². The van der Waals surface area contributed by atoms with Crippen LogP contribution in [-0.4, -0.2) is 45.7 Å². The van der Waals surface area contributed by atoms with Gasteiger partial charge in [0.1, 0.15) is 23.1 Å². The van der Waals surface area contributed by atoms with Crippen molar-refractivity contribution in [2.75, 3.05) is 6.61 Å². The highest BCUT2D eigenvalue weighted by Gasteiger charge is 2.26. The van der Waals surface area contributed by atoms with Crippen molar-refractivity contribution in [2.24, 2.45) is 17.8 Å². The average molecular weight is 511 g/mol. The van der Waals surface area contributed by atoms with Crippen molar-refractivity contribution in [1.82, 2.24) is 9.97 Å². The van der Waals surface area contributed by atoms with Crippen molar-refractivity contribution < 1.29 is 28.7 Å². The van der Waals surface area contributed by atoms with Crippen LogP contribution in [0.4, 0.5) is 0 Å². The number of aromatic amines is 1. The van der Waals surface area contributed by atoms with Gasteiger partial charge in [0.25, 0.3) is 0 Å². The van der Waals surface area contributed by atoms with Crippen LogP contribution >= 0.6 is 0 Å². The molecule has 3 unspecified atom stereocenters. The fourth-order valence-corrected chi connectivity index (χ4v) is 4.16. The predicted molar refractivity (Wildman–Crippen MR) is 139 cm³/mol. The number of esters is 1. The van der Waals surface area contributed by atoms with E-state index in [1.165, 1.54) is 0 Å². The smallest absolute Gasteiger partial charge is 0.309 e. The highest BCUT2D eigenvalue weighted by atomic mass is 16.5. The van der Waals surface area contributed by atoms with E-state index in [2.05, 4.69) is 9.97 Å². The fraction of sp³-hybridized carbons (Fsp3) is 0.517. The first-order chi connectivity index (χ1) is 17.7. The Kier molecular flexibility index (Phi) is 12.6. The van der Waals surface area contributed by atoms with Gasteiger partial charge in [-0.3, -0.25) is 24.0 Å². The van der Waals surface area contributed by atoms with Crippen LogP contribution in [0.2, 0.25) is 0 Å². The number of ether oxygens (including phenoxy) is 1. The highest BCUT2D eigenvalue weighted by molar-refractivity contribution is 5.93. The molecule has 0 aliphatic rings. The molecule has 2 aromatic rings. The Hall–Kier alpha value is -3.42. The number of hydrogen-bond acceptors (Lipinski definition) is 7. The number of rotatable bonds is 18. The van der Waals surface area contributed by atoms with E-state index < -0.39 is 17.8 Å². The first-order valence-corrected chi connectivity index (χ1v) is 13.0. The summed E-state index contributed by atoms with van der Waals surface area (Å²) < 4.78 is 4.90. The summed E-state index contributed by atoms with van der Waals surface area (Å²) in [5.41, 5.74) is 1.83. The third-order valence-corrected chi connectivity index (χ3v) is 6.41. The zero-order chi connectivity index (χ0) is 27.2. The van der Waals surface area contributed by atoms with E-state index in [0.717, 1.165) is 11.3 Å². The lowest BCUT2D eigenvalue weighted by Crippen LogP contribution is -2.25. The van der Waals surface area contributed by atoms with Gasteiger partial charge < -0.3 is 9.72 Å². The number of Topliss-reactive ketones (excluding diaryl/α,β-unsaturated/α-hetero) is 4. The van der Waals surface area contributed by atoms with Gasteiger partial charge in [-0.25, -0.2) is 4.98 Å². The molecule has 200 valence electrons. The zero-order valence-corrected chi connectivity index (χ0v) is 22.0. The van der Waals surface area contributed by atoms with Crippen LogP contribution in [0.25, 0.3) is 0 Å². The molecule has 0 spiro atoms. The molecule has 8 nitrogen and oxygen atoms in total. The number of nitrogens with zero attached hydrogens (tertiary/aromatic N) is 1. The second kappa shape index (κ2) is 15.6. The van der Waals surface area contributed by atoms with Crippen LogP contribution in [0.1, 0.15) is 70.6 Å². The lowest BCUT2D eigenvalue weighted by atomic mass is 9.84. The average Bonchev–Trinajstić information content (AvgIpc) is 3.39. The maximum atomic E-state index is 13.1. The molecule has 3 atom stereocenters. The van der Waals surface area contributed by atoms with E-state index >= 15 is 0 Å². The number of ketones is 4. The van der Waals surface area contributed by atoms with Crippen molar-refractivity contribution in [2.45, 2.75) is 72.1 Å². The standard InChI is InChI=1S/C29H38N2O6/c1-4-37-29(36)21(3)15-26(33)11-10-25(32)12-13-27(34)23(16-22-8-6-5-7-9-22)17-28(35)20(2)14-24-18-30-19-31-24/h5-9,18-21,23H,4,10-17H2,1-3H3,(H,30,31). The number of carbonyl (C=O) groups excluding carboxylic acids is 5. The van der Waals surface area contributed by atoms with Gasteiger partial charge in [-0.1, -0.05) is 44.2 Å². The molecule has 37 heavy (non-hydrogen) atoms. The number of carbonyl (C=O) groups is 5. The van der Waals surface area contributed by atoms with Crippen LogP contribution < -0.4 is 0 Å². The second-order valence-electron chi connectivity index (χ2n) is 9.64. The molecule has 0 amide bonds. The summed E-state index contributed by atoms with van der Waals surface area (Å²) in [7, 11) is 0. The third kappa shape index (κ3) is 11.0. The first-order valence-electron chi connectivity index (χ1n) is 13.0. The topological polar surface area (TPSA) is 123 Å². The van der Waals surface area contributed by atoms with Crippen LogP contribution in [0.15, 0.2) is 42.9 Å². The summed E-state index contributed by atoms with van der Waals surface area (Å²) in [5.74, 6) is -2.24. The van der Waals surface area contributed by atoms with Gasteiger partial charge in [0, 0.05) is 62.3 Å². The summed E-state index contributed by atoms with van der Waals surface area (Å²) >= 11 is 0. The molecular weight excluding hydrogens is 472 g/mol. The van der Waals surface area contributed by atoms with E-state index in [1.54, 1.807) is 26.4 Å². The Morgan fingerprint density at radius 1 is 0.838 bits per heavy atom. The maximum Gasteiger partial charge on any atom is 0.309 e. The van der Waals surface area contributed by atoms with Crippen LogP contribution in [-0.2, 0) is 41.6 Å². The minimum atomic E-state index is -0.545. The SMILES string of the molecule is CCOC(=O)C(C)CC(=O)CCC(=O)CCC(=O)C(CC(=O)C(C)Cc1cnc[nH]1)Cc1ccccc1. The Morgan fingerprint density at radius 2 is 1.51 bits per heavy atom. The minimum absolute atomic E-state index is 0.00322. The summed E-state index contributed by atoms with van der Waals surface area (Å²) in [6.45, 7) is 5.43. The van der Waals surface area contributed by atoms with Gasteiger partial charge in [-0.2, -0.15) is 0 Å². The number of nitrogens with one attached hydrogen (secondary N) is 1. The van der Waals surface area contributed by atoms with E-state index in [4.69, 9.17) is 4.74 Å². The zero-order valence-electron chi connectivity index (χ0n) is 22.0. The van der Waals surface area contributed by atoms with Crippen LogP contribution in [0.3, 0.4) is 0 Å². The molecule has 0 fully saturated rings. The molecular formula is C29H38N2O6. The normalized spacial score (nSPS) is 13.4. The molecule has 0 bridgehead atoms. The number of hydrogen-bond donors (Lipinski definition) is 1. The first kappa shape index (κ1) is 29.8. The second-order valence-corrected chi connectivity index (χ2v) is 9.64. The van der Waals surface area contributed by atoms with Gasteiger partial charge in [-0.05, 0) is 25.3 Å². The minimum Gasteiger partial charge on any atom is -0.466 e. The molecule has 0 aliphatic heterocycles. The lowest BCUT2D eigenvalue weighted by molar-refractivity contribution is -0.149. The summed E-state index contributed by atoms with van der Waals surface area (Å²) in [4.78, 5) is 69.2. The summed E-state index contributed by atoms with van der Waals surface area (Å²) in [6.07, 6.45) is 4.48. The molecule has 0 aliphatic carbocycles. The molecule has 0 saturated carbocycles. The van der Waals surface area contributed by atoms with Crippen molar-refractivity contribution >= 4 is 29.1 Å². The fourth-order valence-electron chi connectivity index (χ4n) is 4.16. The van der Waals surface area contributed by atoms with Crippen LogP contribution in [0, 0.1) is 17.8 Å². The summed E-state index contributed by atoms with van der Waals surface area (Å²) in [5, 5.41) is 0. The molecule has 1 heterocycles. The predicted octanol–water partition coefficient (Wildman–Crippen LogP) is 4.26. The van der Waals surface area contributed by atoms with Gasteiger partial charge in [0.2, 0.25) is 0 Å². The van der Waals surface area contributed by atoms with Crippen molar-refractivity contribution in [3.05, 3.63) is 54.1 Å². The Morgan fingerprint density at radius 3 is 2.16 bits per heavy atom. The Balaban J connectivity index is 1.88. The molecule has 1 aromatic carbocycles. The lowest BCUT2D eigenvalue weighted by Gasteiger charge is -2.18. The quantitative estimate of drug-likeness (QED) is 0.297. The molecule has 0 saturated heterocycles. The van der Waals surface area contributed by atoms with Crippen molar-refractivity contribution in [3.63, 3.8) is 0 Å².